The van der Waals surface area contributed by atoms with Gasteiger partial charge in [0.1, 0.15) is 5.00 Å². The number of anilines is 2. The molecule has 0 fully saturated rings. The Morgan fingerprint density at radius 3 is 2.54 bits per heavy atom. The highest BCUT2D eigenvalue weighted by Gasteiger charge is 2.16. The number of fused-ring (bicyclic) bond motifs is 1. The Kier molecular flexibility index (Phi) is 6.21. The van der Waals surface area contributed by atoms with Gasteiger partial charge in [-0.3, -0.25) is 8.51 Å². The first-order valence-electron chi connectivity index (χ1n) is 10.5. The Balaban J connectivity index is 1.52. The Morgan fingerprint density at radius 2 is 1.83 bits per heavy atom. The minimum absolute atomic E-state index is 0.169. The normalized spacial score (nSPS) is 11.6. The van der Waals surface area contributed by atoms with E-state index >= 15 is 0 Å². The zero-order valence-corrected chi connectivity index (χ0v) is 19.7. The van der Waals surface area contributed by atoms with Crippen LogP contribution in [-0.2, 0) is 11.3 Å². The van der Waals surface area contributed by atoms with E-state index in [-0.39, 0.29) is 5.56 Å². The predicted octanol–water partition coefficient (Wildman–Crippen LogP) is 5.93. The Morgan fingerprint density at radius 1 is 1.00 bits per heavy atom. The molecule has 0 saturated heterocycles. The summed E-state index contributed by atoms with van der Waals surface area (Å²) in [5, 5.41) is 13.2. The highest BCUT2D eigenvalue weighted by molar-refractivity contribution is 7.81. The molecule has 0 bridgehead atoms. The summed E-state index contributed by atoms with van der Waals surface area (Å²) >= 11 is -1.14. The van der Waals surface area contributed by atoms with Crippen molar-refractivity contribution in [1.29, 1.82) is 0 Å². The topological polar surface area (TPSA) is 96.5 Å². The first kappa shape index (κ1) is 22.6. The van der Waals surface area contributed by atoms with Crippen molar-refractivity contribution in [3.05, 3.63) is 107 Å². The smallest absolute Gasteiger partial charge is 0.336 e. The van der Waals surface area contributed by atoms with Crippen molar-refractivity contribution in [1.82, 2.24) is 4.98 Å². The van der Waals surface area contributed by atoms with Gasteiger partial charge >= 0.3 is 5.97 Å². The molecule has 0 aliphatic carbocycles. The third-order valence-electron chi connectivity index (χ3n) is 5.44. The van der Waals surface area contributed by atoms with E-state index in [0.717, 1.165) is 16.5 Å². The molecule has 0 spiro atoms. The Labute approximate surface area is 207 Å². The predicted molar refractivity (Wildman–Crippen MR) is 138 cm³/mol. The fraction of sp³-hybridized carbons (Fsp3) is 0. The number of carbonyl (C=O) groups is 1. The van der Waals surface area contributed by atoms with Gasteiger partial charge in [-0.05, 0) is 77.0 Å². The number of nitrogens with zero attached hydrogens (tertiary/aromatic N) is 1. The molecule has 8 heteroatoms. The van der Waals surface area contributed by atoms with Gasteiger partial charge < -0.3 is 14.6 Å². The molecule has 2 aromatic heterocycles. The van der Waals surface area contributed by atoms with Gasteiger partial charge in [0.15, 0.2) is 0 Å². The fourth-order valence-corrected chi connectivity index (χ4v) is 5.31. The van der Waals surface area contributed by atoms with Crippen LogP contribution in [0.4, 0.5) is 10.7 Å². The van der Waals surface area contributed by atoms with E-state index in [1.54, 1.807) is 54.6 Å². The number of thiophene rings is 1. The van der Waals surface area contributed by atoms with Crippen LogP contribution in [0.1, 0.15) is 21.5 Å². The fourth-order valence-electron chi connectivity index (χ4n) is 3.84. The lowest BCUT2D eigenvalue weighted by Gasteiger charge is -2.24. The van der Waals surface area contributed by atoms with Gasteiger partial charge in [0.2, 0.25) is 0 Å². The highest BCUT2D eigenvalue weighted by Crippen LogP contribution is 2.32. The van der Waals surface area contributed by atoms with Gasteiger partial charge in [-0.25, -0.2) is 4.79 Å². The molecule has 1 atom stereocenters. The van der Waals surface area contributed by atoms with Crippen LogP contribution in [0.3, 0.4) is 0 Å². The van der Waals surface area contributed by atoms with Crippen molar-refractivity contribution < 1.29 is 18.7 Å². The molecule has 0 saturated carbocycles. The van der Waals surface area contributed by atoms with E-state index in [0.29, 0.717) is 27.4 Å². The number of benzene rings is 3. The van der Waals surface area contributed by atoms with Crippen molar-refractivity contribution in [3.8, 4) is 23.0 Å². The van der Waals surface area contributed by atoms with Gasteiger partial charge in [0, 0.05) is 28.4 Å². The zero-order valence-electron chi connectivity index (χ0n) is 18.1. The number of nitrogens with one attached hydrogen (secondary N) is 1. The number of aromatic carboxylic acids is 1. The molecule has 172 valence electrons. The number of hydrogen-bond donors (Lipinski definition) is 2. The van der Waals surface area contributed by atoms with Crippen molar-refractivity contribution in [2.24, 2.45) is 0 Å². The number of aromatic nitrogens is 1. The standard InChI is InChI=1S/C27H18N2O4S2/c30-27(31)23-4-1-3-20(26(23)21-11-10-19-14-15-28-24(19)17-21)9-6-18-7-12-22(13-8-18)29(35(32)33)25-5-2-16-34-25/h1-5,7-8,10-17,28H,(H,30,31)(H,32,33)/p-1. The van der Waals surface area contributed by atoms with E-state index in [2.05, 4.69) is 16.8 Å². The van der Waals surface area contributed by atoms with Gasteiger partial charge in [0.05, 0.1) is 22.5 Å². The summed E-state index contributed by atoms with van der Waals surface area (Å²) in [6.45, 7) is 0. The number of carboxylic acids is 1. The Bertz CT molecular complexity index is 1610. The maximum absolute atomic E-state index is 12.0. The summed E-state index contributed by atoms with van der Waals surface area (Å²) in [6, 6.07) is 23.1. The number of carboxylic acid groups (broad SMARTS) is 1. The third kappa shape index (κ3) is 4.61. The quantitative estimate of drug-likeness (QED) is 0.232. The van der Waals surface area contributed by atoms with Crippen molar-refractivity contribution in [2.75, 3.05) is 4.31 Å². The van der Waals surface area contributed by atoms with E-state index in [1.165, 1.54) is 15.6 Å². The SMILES string of the molecule is O=C(O)c1cccc(C#Cc2ccc(N(c3cccs3)S(=O)[O-])cc2)c1-c1ccc2cc[nH]c2c1. The number of aromatic amines is 1. The van der Waals surface area contributed by atoms with Crippen LogP contribution in [0.2, 0.25) is 0 Å². The molecule has 35 heavy (non-hydrogen) atoms. The van der Waals surface area contributed by atoms with Crippen LogP contribution >= 0.6 is 11.3 Å². The monoisotopic (exact) mass is 497 g/mol. The summed E-state index contributed by atoms with van der Waals surface area (Å²) in [6.07, 6.45) is 1.84. The van der Waals surface area contributed by atoms with Crippen LogP contribution in [0.25, 0.3) is 22.0 Å². The average Bonchev–Trinajstić information content (AvgIpc) is 3.55. The van der Waals surface area contributed by atoms with Crippen molar-refractivity contribution in [2.45, 2.75) is 0 Å². The van der Waals surface area contributed by atoms with Gasteiger partial charge in [0.25, 0.3) is 0 Å². The molecule has 2 heterocycles. The van der Waals surface area contributed by atoms with Gasteiger partial charge in [-0.15, -0.1) is 11.3 Å². The minimum Gasteiger partial charge on any atom is -0.755 e. The summed E-state index contributed by atoms with van der Waals surface area (Å²) < 4.78 is 24.8. The van der Waals surface area contributed by atoms with Crippen LogP contribution in [-0.4, -0.2) is 24.8 Å². The second-order valence-corrected chi connectivity index (χ2v) is 9.30. The third-order valence-corrected chi connectivity index (χ3v) is 7.11. The summed E-state index contributed by atoms with van der Waals surface area (Å²) in [4.78, 5) is 15.1. The second-order valence-electron chi connectivity index (χ2n) is 7.57. The lowest BCUT2D eigenvalue weighted by Crippen LogP contribution is -2.18. The van der Waals surface area contributed by atoms with Crippen LogP contribution in [0.5, 0.6) is 0 Å². The molecule has 2 N–H and O–H groups in total. The van der Waals surface area contributed by atoms with Crippen LogP contribution in [0, 0.1) is 11.8 Å². The van der Waals surface area contributed by atoms with Gasteiger partial charge in [-0.1, -0.05) is 30.0 Å². The molecule has 5 rings (SSSR count). The van der Waals surface area contributed by atoms with Crippen LogP contribution < -0.4 is 4.31 Å². The second kappa shape index (κ2) is 9.60. The number of rotatable bonds is 5. The lowest BCUT2D eigenvalue weighted by molar-refractivity contribution is 0.0697. The maximum atomic E-state index is 12.0. The summed E-state index contributed by atoms with van der Waals surface area (Å²) in [7, 11) is 0. The molecule has 5 aromatic rings. The van der Waals surface area contributed by atoms with Crippen molar-refractivity contribution >= 4 is 50.2 Å². The molecule has 0 aliphatic rings. The van der Waals surface area contributed by atoms with Crippen molar-refractivity contribution in [3.63, 3.8) is 0 Å². The molecular formula is C27H17N2O4S2-. The molecule has 0 amide bonds. The average molecular weight is 498 g/mol. The molecule has 3 aromatic carbocycles. The van der Waals surface area contributed by atoms with Gasteiger partial charge in [-0.2, -0.15) is 0 Å². The summed E-state index contributed by atoms with van der Waals surface area (Å²) in [5.41, 5.74) is 4.13. The number of hydrogen-bond acceptors (Lipinski definition) is 4. The molecular weight excluding hydrogens is 480 g/mol. The molecule has 0 radical (unpaired) electrons. The van der Waals surface area contributed by atoms with E-state index in [9.17, 15) is 18.7 Å². The Hall–Kier alpha value is -4.16. The highest BCUT2D eigenvalue weighted by atomic mass is 32.2. The molecule has 1 unspecified atom stereocenters. The number of H-pyrrole nitrogens is 1. The zero-order chi connectivity index (χ0) is 24.4. The van der Waals surface area contributed by atoms with E-state index in [4.69, 9.17) is 0 Å². The lowest BCUT2D eigenvalue weighted by atomic mass is 9.93. The molecule has 6 nitrogen and oxygen atoms in total. The van der Waals surface area contributed by atoms with Crippen LogP contribution in [0.15, 0.2) is 90.4 Å². The summed E-state index contributed by atoms with van der Waals surface area (Å²) in [5.74, 6) is 5.16. The largest absolute Gasteiger partial charge is 0.755 e. The first-order chi connectivity index (χ1) is 17.0. The van der Waals surface area contributed by atoms with E-state index < -0.39 is 17.2 Å². The maximum Gasteiger partial charge on any atom is 0.336 e. The van der Waals surface area contributed by atoms with E-state index in [1.807, 2.05) is 35.8 Å². The molecule has 0 aliphatic heterocycles. The first-order valence-corrected chi connectivity index (χ1v) is 12.4. The minimum atomic E-state index is -2.46.